The van der Waals surface area contributed by atoms with E-state index in [4.69, 9.17) is 0 Å². The summed E-state index contributed by atoms with van der Waals surface area (Å²) in [5.74, 6) is -5.09. The number of hydrogen-bond acceptors (Lipinski definition) is 2. The molecule has 1 aliphatic rings. The maximum atomic E-state index is 13.4. The Morgan fingerprint density at radius 2 is 2.06 bits per heavy atom. The fourth-order valence-corrected chi connectivity index (χ4v) is 1.94. The van der Waals surface area contributed by atoms with Crippen LogP contribution in [0.1, 0.15) is 23.2 Å². The van der Waals surface area contributed by atoms with E-state index in [0.717, 1.165) is 31.5 Å². The maximum absolute atomic E-state index is 13.4. The van der Waals surface area contributed by atoms with E-state index in [1.807, 2.05) is 0 Å². The molecule has 0 saturated carbocycles. The Balaban J connectivity index is 2.11. The lowest BCUT2D eigenvalue weighted by atomic mass is 10.1. The Morgan fingerprint density at radius 1 is 1.28 bits per heavy atom. The molecule has 1 fully saturated rings. The summed E-state index contributed by atoms with van der Waals surface area (Å²) in [5.41, 5.74) is -0.473. The van der Waals surface area contributed by atoms with Crippen molar-refractivity contribution in [1.82, 2.24) is 10.6 Å². The number of carbonyl (C=O) groups excluding carboxylic acids is 1. The molecular formula is C12H13F3N2O. The van der Waals surface area contributed by atoms with Crippen LogP contribution in [0, 0.1) is 17.5 Å². The summed E-state index contributed by atoms with van der Waals surface area (Å²) in [7, 11) is 0. The van der Waals surface area contributed by atoms with Gasteiger partial charge in [-0.3, -0.25) is 4.79 Å². The van der Waals surface area contributed by atoms with Gasteiger partial charge in [-0.1, -0.05) is 0 Å². The fraction of sp³-hybridized carbons (Fsp3) is 0.417. The highest BCUT2D eigenvalue weighted by Gasteiger charge is 2.21. The van der Waals surface area contributed by atoms with Crippen LogP contribution in [0.2, 0.25) is 0 Å². The van der Waals surface area contributed by atoms with Crippen molar-refractivity contribution in [1.29, 1.82) is 0 Å². The van der Waals surface area contributed by atoms with Gasteiger partial charge in [0.2, 0.25) is 0 Å². The molecule has 1 amide bonds. The van der Waals surface area contributed by atoms with E-state index < -0.39 is 28.9 Å². The molecule has 1 saturated heterocycles. The third kappa shape index (κ3) is 2.64. The molecule has 0 unspecified atom stereocenters. The summed E-state index contributed by atoms with van der Waals surface area (Å²) in [6.45, 7) is 1.48. The zero-order chi connectivity index (χ0) is 13.1. The summed E-state index contributed by atoms with van der Waals surface area (Å²) in [5, 5.41) is 5.68. The third-order valence-corrected chi connectivity index (χ3v) is 2.91. The van der Waals surface area contributed by atoms with Crippen molar-refractivity contribution in [3.63, 3.8) is 0 Å². The van der Waals surface area contributed by atoms with Crippen molar-refractivity contribution < 1.29 is 18.0 Å². The number of amides is 1. The predicted molar refractivity (Wildman–Crippen MR) is 59.7 cm³/mol. The van der Waals surface area contributed by atoms with Crippen molar-refractivity contribution in [2.45, 2.75) is 18.9 Å². The van der Waals surface area contributed by atoms with Crippen molar-refractivity contribution in [3.8, 4) is 0 Å². The second-order valence-electron chi connectivity index (χ2n) is 4.24. The van der Waals surface area contributed by atoms with E-state index in [1.54, 1.807) is 0 Å². The van der Waals surface area contributed by atoms with Gasteiger partial charge < -0.3 is 10.6 Å². The molecule has 1 aromatic carbocycles. The molecule has 98 valence electrons. The topological polar surface area (TPSA) is 41.1 Å². The Kier molecular flexibility index (Phi) is 3.86. The number of hydrogen-bond donors (Lipinski definition) is 2. The highest BCUT2D eigenvalue weighted by Crippen LogP contribution is 2.15. The molecule has 1 aliphatic heterocycles. The summed E-state index contributed by atoms with van der Waals surface area (Å²) < 4.78 is 39.1. The van der Waals surface area contributed by atoms with Gasteiger partial charge in [-0.25, -0.2) is 13.2 Å². The van der Waals surface area contributed by atoms with Gasteiger partial charge >= 0.3 is 0 Å². The van der Waals surface area contributed by atoms with Crippen molar-refractivity contribution in [2.24, 2.45) is 0 Å². The molecule has 0 spiro atoms. The van der Waals surface area contributed by atoms with Crippen LogP contribution in [0.3, 0.4) is 0 Å². The molecule has 0 radical (unpaired) electrons. The average Bonchev–Trinajstić information content (AvgIpc) is 2.37. The SMILES string of the molecule is O=C(N[C@@H]1CCCNC1)c1ccc(F)c(F)c1F. The van der Waals surface area contributed by atoms with E-state index in [2.05, 4.69) is 10.6 Å². The first-order valence-corrected chi connectivity index (χ1v) is 5.74. The predicted octanol–water partition coefficient (Wildman–Crippen LogP) is 1.59. The highest BCUT2D eigenvalue weighted by atomic mass is 19.2. The molecule has 1 atom stereocenters. The normalized spacial score (nSPS) is 19.6. The number of rotatable bonds is 2. The first kappa shape index (κ1) is 12.9. The maximum Gasteiger partial charge on any atom is 0.254 e. The third-order valence-electron chi connectivity index (χ3n) is 2.91. The number of piperidine rings is 1. The standard InChI is InChI=1S/C12H13F3N2O/c13-9-4-3-8(10(14)11(9)15)12(18)17-7-2-1-5-16-6-7/h3-4,7,16H,1-2,5-6H2,(H,17,18)/t7-/m1/s1. The van der Waals surface area contributed by atoms with Gasteiger partial charge in [0, 0.05) is 12.6 Å². The Labute approximate surface area is 102 Å². The number of halogens is 3. The summed E-state index contributed by atoms with van der Waals surface area (Å²) >= 11 is 0. The van der Waals surface area contributed by atoms with Crippen molar-refractivity contribution >= 4 is 5.91 Å². The average molecular weight is 258 g/mol. The summed E-state index contributed by atoms with van der Waals surface area (Å²) in [6, 6.07) is 1.57. The van der Waals surface area contributed by atoms with Crippen LogP contribution in [-0.2, 0) is 0 Å². The minimum absolute atomic E-state index is 0.112. The van der Waals surface area contributed by atoms with Gasteiger partial charge in [0.15, 0.2) is 17.5 Å². The van der Waals surface area contributed by atoms with Crippen LogP contribution in [0.4, 0.5) is 13.2 Å². The highest BCUT2D eigenvalue weighted by molar-refractivity contribution is 5.94. The zero-order valence-electron chi connectivity index (χ0n) is 9.60. The van der Waals surface area contributed by atoms with Crippen LogP contribution in [0.25, 0.3) is 0 Å². The molecule has 3 nitrogen and oxygen atoms in total. The van der Waals surface area contributed by atoms with E-state index >= 15 is 0 Å². The first-order chi connectivity index (χ1) is 8.59. The number of nitrogens with one attached hydrogen (secondary N) is 2. The van der Waals surface area contributed by atoms with Gasteiger partial charge in [0.1, 0.15) is 0 Å². The van der Waals surface area contributed by atoms with Crippen LogP contribution < -0.4 is 10.6 Å². The number of carbonyl (C=O) groups is 1. The summed E-state index contributed by atoms with van der Waals surface area (Å²) in [6.07, 6.45) is 1.69. The minimum Gasteiger partial charge on any atom is -0.348 e. The van der Waals surface area contributed by atoms with Crippen LogP contribution >= 0.6 is 0 Å². The molecule has 0 bridgehead atoms. The van der Waals surface area contributed by atoms with Crippen LogP contribution in [0.15, 0.2) is 12.1 Å². The molecule has 2 rings (SSSR count). The zero-order valence-corrected chi connectivity index (χ0v) is 9.60. The Morgan fingerprint density at radius 3 is 2.72 bits per heavy atom. The fourth-order valence-electron chi connectivity index (χ4n) is 1.94. The molecule has 18 heavy (non-hydrogen) atoms. The molecule has 2 N–H and O–H groups in total. The molecule has 1 heterocycles. The molecule has 0 aromatic heterocycles. The molecular weight excluding hydrogens is 245 g/mol. The van der Waals surface area contributed by atoms with Crippen molar-refractivity contribution in [3.05, 3.63) is 35.1 Å². The largest absolute Gasteiger partial charge is 0.348 e. The lowest BCUT2D eigenvalue weighted by molar-refractivity contribution is 0.0925. The Hall–Kier alpha value is -1.56. The smallest absolute Gasteiger partial charge is 0.254 e. The van der Waals surface area contributed by atoms with Gasteiger partial charge in [-0.05, 0) is 31.5 Å². The van der Waals surface area contributed by atoms with E-state index in [0.29, 0.717) is 6.54 Å². The second kappa shape index (κ2) is 5.39. The quantitative estimate of drug-likeness (QED) is 0.791. The monoisotopic (exact) mass is 258 g/mol. The van der Waals surface area contributed by atoms with Crippen LogP contribution in [0.5, 0.6) is 0 Å². The molecule has 1 aromatic rings. The van der Waals surface area contributed by atoms with Gasteiger partial charge in [-0.2, -0.15) is 0 Å². The van der Waals surface area contributed by atoms with E-state index in [1.165, 1.54) is 0 Å². The molecule has 6 heteroatoms. The van der Waals surface area contributed by atoms with Crippen LogP contribution in [-0.4, -0.2) is 25.0 Å². The van der Waals surface area contributed by atoms with Gasteiger partial charge in [0.05, 0.1) is 5.56 Å². The summed E-state index contributed by atoms with van der Waals surface area (Å²) in [4.78, 5) is 11.7. The minimum atomic E-state index is -1.62. The first-order valence-electron chi connectivity index (χ1n) is 5.74. The molecule has 0 aliphatic carbocycles. The Bertz CT molecular complexity index is 459. The van der Waals surface area contributed by atoms with Gasteiger partial charge in [0.25, 0.3) is 5.91 Å². The van der Waals surface area contributed by atoms with Gasteiger partial charge in [-0.15, -0.1) is 0 Å². The lowest BCUT2D eigenvalue weighted by Crippen LogP contribution is -2.45. The van der Waals surface area contributed by atoms with Crippen molar-refractivity contribution in [2.75, 3.05) is 13.1 Å². The number of benzene rings is 1. The second-order valence-corrected chi connectivity index (χ2v) is 4.24. The van der Waals surface area contributed by atoms with E-state index in [-0.39, 0.29) is 6.04 Å². The van der Waals surface area contributed by atoms with E-state index in [9.17, 15) is 18.0 Å². The lowest BCUT2D eigenvalue weighted by Gasteiger charge is -2.23.